The van der Waals surface area contributed by atoms with E-state index in [4.69, 9.17) is 9.84 Å². The summed E-state index contributed by atoms with van der Waals surface area (Å²) in [6.45, 7) is 0. The van der Waals surface area contributed by atoms with E-state index in [1.165, 1.54) is 11.8 Å². The van der Waals surface area contributed by atoms with E-state index in [2.05, 4.69) is 14.5 Å². The fourth-order valence-electron chi connectivity index (χ4n) is 2.45. The number of hydrogen-bond acceptors (Lipinski definition) is 5. The molecule has 0 radical (unpaired) electrons. The smallest absolute Gasteiger partial charge is 0.313 e. The zero-order chi connectivity index (χ0) is 14.1. The number of hydrogen-bond donors (Lipinski definition) is 1. The lowest BCUT2D eigenvalue weighted by Gasteiger charge is -2.36. The summed E-state index contributed by atoms with van der Waals surface area (Å²) in [5, 5.41) is 9.59. The van der Waals surface area contributed by atoms with Crippen LogP contribution in [0.2, 0.25) is 0 Å². The minimum atomic E-state index is -0.838. The molecular weight excluding hydrogens is 278 g/mol. The molecule has 0 spiro atoms. The highest BCUT2D eigenvalue weighted by molar-refractivity contribution is 7.99. The van der Waals surface area contributed by atoms with Crippen LogP contribution in [0, 0.1) is 0 Å². The van der Waals surface area contributed by atoms with Crippen LogP contribution in [0.15, 0.2) is 23.6 Å². The molecule has 0 amide bonds. The van der Waals surface area contributed by atoms with Gasteiger partial charge < -0.3 is 14.4 Å². The van der Waals surface area contributed by atoms with Crippen molar-refractivity contribution in [3.63, 3.8) is 0 Å². The van der Waals surface area contributed by atoms with Crippen LogP contribution >= 0.6 is 11.8 Å². The van der Waals surface area contributed by atoms with Crippen molar-refractivity contribution in [1.82, 2.24) is 14.5 Å². The van der Waals surface area contributed by atoms with Crippen LogP contribution in [-0.4, -0.2) is 44.6 Å². The number of aromatic nitrogens is 3. The average molecular weight is 293 g/mol. The van der Waals surface area contributed by atoms with E-state index >= 15 is 0 Å². The maximum atomic E-state index is 10.8. The molecule has 106 valence electrons. The van der Waals surface area contributed by atoms with E-state index in [-0.39, 0.29) is 11.9 Å². The number of carbonyl (C=O) groups is 1. The summed E-state index contributed by atoms with van der Waals surface area (Å²) in [5.74, 6) is -0.827. The summed E-state index contributed by atoms with van der Waals surface area (Å²) in [6, 6.07) is 2.25. The Bertz CT molecular complexity index is 637. The second-order valence-electron chi connectivity index (χ2n) is 4.79. The first kappa shape index (κ1) is 13.4. The Balaban J connectivity index is 1.94. The van der Waals surface area contributed by atoms with E-state index in [0.717, 1.165) is 29.0 Å². The van der Waals surface area contributed by atoms with Crippen molar-refractivity contribution in [2.24, 2.45) is 0 Å². The summed E-state index contributed by atoms with van der Waals surface area (Å²) >= 11 is 1.25. The van der Waals surface area contributed by atoms with E-state index in [1.54, 1.807) is 19.5 Å². The first-order valence-corrected chi connectivity index (χ1v) is 7.37. The number of carboxylic acid groups (broad SMARTS) is 1. The second-order valence-corrected chi connectivity index (χ2v) is 5.74. The van der Waals surface area contributed by atoms with E-state index < -0.39 is 5.97 Å². The van der Waals surface area contributed by atoms with Gasteiger partial charge in [0.2, 0.25) is 0 Å². The molecule has 1 aliphatic rings. The first-order chi connectivity index (χ1) is 9.69. The minimum Gasteiger partial charge on any atom is -0.481 e. The average Bonchev–Trinajstić information content (AvgIpc) is 2.74. The number of methoxy groups -OCH3 is 1. The van der Waals surface area contributed by atoms with Gasteiger partial charge in [0.1, 0.15) is 5.52 Å². The molecule has 1 aliphatic carbocycles. The molecule has 0 bridgehead atoms. The Morgan fingerprint density at radius 1 is 1.60 bits per heavy atom. The van der Waals surface area contributed by atoms with Crippen LogP contribution in [0.25, 0.3) is 11.0 Å². The standard InChI is InChI=1S/C13H15N3O3S/c1-19-9-4-8(5-9)16-11-2-3-14-6-10(11)15-13(16)20-7-12(17)18/h2-3,6,8-9H,4-5,7H2,1H3,(H,17,18). The molecule has 2 aromatic heterocycles. The summed E-state index contributed by atoms with van der Waals surface area (Å²) in [6.07, 6.45) is 5.61. The highest BCUT2D eigenvalue weighted by Crippen LogP contribution is 2.39. The number of aliphatic carboxylic acids is 1. The lowest BCUT2D eigenvalue weighted by atomic mass is 9.89. The predicted octanol–water partition coefficient (Wildman–Crippen LogP) is 1.96. The lowest BCUT2D eigenvalue weighted by molar-refractivity contribution is -0.133. The van der Waals surface area contributed by atoms with E-state index in [9.17, 15) is 4.79 Å². The zero-order valence-electron chi connectivity index (χ0n) is 11.0. The van der Waals surface area contributed by atoms with Crippen molar-refractivity contribution in [2.45, 2.75) is 30.1 Å². The van der Waals surface area contributed by atoms with Gasteiger partial charge in [0, 0.05) is 19.3 Å². The number of nitrogens with zero attached hydrogens (tertiary/aromatic N) is 3. The third-order valence-corrected chi connectivity index (χ3v) is 4.49. The highest BCUT2D eigenvalue weighted by atomic mass is 32.2. The van der Waals surface area contributed by atoms with Crippen LogP contribution in [0.5, 0.6) is 0 Å². The molecule has 1 saturated carbocycles. The van der Waals surface area contributed by atoms with Crippen molar-refractivity contribution in [2.75, 3.05) is 12.9 Å². The SMILES string of the molecule is COC1CC(n2c(SCC(=O)O)nc3cnccc32)C1. The maximum Gasteiger partial charge on any atom is 0.313 e. The Morgan fingerprint density at radius 2 is 2.40 bits per heavy atom. The predicted molar refractivity (Wildman–Crippen MR) is 75.0 cm³/mol. The number of thioether (sulfide) groups is 1. The molecule has 6 nitrogen and oxygen atoms in total. The molecule has 0 unspecified atom stereocenters. The lowest BCUT2D eigenvalue weighted by Crippen LogP contribution is -2.32. The minimum absolute atomic E-state index is 0.0111. The molecule has 0 aliphatic heterocycles. The van der Waals surface area contributed by atoms with Gasteiger partial charge in [-0.05, 0) is 18.9 Å². The molecule has 3 rings (SSSR count). The normalized spacial score (nSPS) is 21.9. The number of carboxylic acids is 1. The van der Waals surface area contributed by atoms with Gasteiger partial charge in [0.15, 0.2) is 5.16 Å². The molecule has 2 heterocycles. The van der Waals surface area contributed by atoms with Crippen molar-refractivity contribution in [3.05, 3.63) is 18.5 Å². The zero-order valence-corrected chi connectivity index (χ0v) is 11.8. The largest absolute Gasteiger partial charge is 0.481 e. The van der Waals surface area contributed by atoms with Gasteiger partial charge in [-0.1, -0.05) is 11.8 Å². The number of fused-ring (bicyclic) bond motifs is 1. The monoisotopic (exact) mass is 293 g/mol. The van der Waals surface area contributed by atoms with Gasteiger partial charge in [0.05, 0.1) is 23.6 Å². The van der Waals surface area contributed by atoms with Crippen LogP contribution in [0.4, 0.5) is 0 Å². The number of pyridine rings is 1. The summed E-state index contributed by atoms with van der Waals surface area (Å²) in [7, 11) is 1.72. The van der Waals surface area contributed by atoms with E-state index in [1.807, 2.05) is 6.07 Å². The van der Waals surface area contributed by atoms with Gasteiger partial charge in [-0.3, -0.25) is 9.78 Å². The fourth-order valence-corrected chi connectivity index (χ4v) is 3.25. The highest BCUT2D eigenvalue weighted by Gasteiger charge is 2.33. The Kier molecular flexibility index (Phi) is 3.62. The molecule has 0 saturated heterocycles. The van der Waals surface area contributed by atoms with Gasteiger partial charge in [-0.15, -0.1) is 0 Å². The van der Waals surface area contributed by atoms with Crippen LogP contribution in [0.3, 0.4) is 0 Å². The summed E-state index contributed by atoms with van der Waals surface area (Å²) in [5.41, 5.74) is 1.81. The Hall–Kier alpha value is -1.60. The molecule has 2 aromatic rings. The van der Waals surface area contributed by atoms with Crippen LogP contribution in [-0.2, 0) is 9.53 Å². The van der Waals surface area contributed by atoms with Crippen molar-refractivity contribution < 1.29 is 14.6 Å². The molecule has 0 aromatic carbocycles. The fraction of sp³-hybridized carbons (Fsp3) is 0.462. The number of imidazole rings is 1. The molecule has 0 atom stereocenters. The van der Waals surface area contributed by atoms with Crippen LogP contribution < -0.4 is 0 Å². The van der Waals surface area contributed by atoms with Gasteiger partial charge in [-0.25, -0.2) is 4.98 Å². The summed E-state index contributed by atoms with van der Waals surface area (Å²) < 4.78 is 7.44. The maximum absolute atomic E-state index is 10.8. The van der Waals surface area contributed by atoms with E-state index in [0.29, 0.717) is 6.04 Å². The molecule has 1 fully saturated rings. The number of rotatable bonds is 5. The van der Waals surface area contributed by atoms with Gasteiger partial charge in [0.25, 0.3) is 0 Å². The third kappa shape index (κ3) is 2.38. The topological polar surface area (TPSA) is 77.2 Å². The first-order valence-electron chi connectivity index (χ1n) is 6.38. The quantitative estimate of drug-likeness (QED) is 0.849. The second kappa shape index (κ2) is 5.41. The molecular formula is C13H15N3O3S. The van der Waals surface area contributed by atoms with Crippen LogP contribution in [0.1, 0.15) is 18.9 Å². The van der Waals surface area contributed by atoms with Crippen molar-refractivity contribution in [3.8, 4) is 0 Å². The van der Waals surface area contributed by atoms with Gasteiger partial charge >= 0.3 is 5.97 Å². The number of ether oxygens (including phenoxy) is 1. The molecule has 20 heavy (non-hydrogen) atoms. The van der Waals surface area contributed by atoms with Gasteiger partial charge in [-0.2, -0.15) is 0 Å². The molecule has 7 heteroatoms. The Morgan fingerprint density at radius 3 is 3.10 bits per heavy atom. The van der Waals surface area contributed by atoms with Crippen molar-refractivity contribution in [1.29, 1.82) is 0 Å². The Labute approximate surface area is 120 Å². The van der Waals surface area contributed by atoms with Crippen molar-refractivity contribution >= 4 is 28.8 Å². The molecule has 1 N–H and O–H groups in total. The third-order valence-electron chi connectivity index (χ3n) is 3.55. The summed E-state index contributed by atoms with van der Waals surface area (Å²) in [4.78, 5) is 19.3.